The van der Waals surface area contributed by atoms with Crippen molar-refractivity contribution in [1.29, 1.82) is 0 Å². The topological polar surface area (TPSA) is 65.4 Å². The summed E-state index contributed by atoms with van der Waals surface area (Å²) < 4.78 is 26.2. The zero-order valence-electron chi connectivity index (χ0n) is 16.9. The molecule has 1 N–H and O–H groups in total. The Morgan fingerprint density at radius 2 is 2.00 bits per heavy atom. The number of amides is 1. The molecule has 1 aliphatic heterocycles. The fraction of sp³-hybridized carbons (Fsp3) is 0.273. The van der Waals surface area contributed by atoms with Crippen molar-refractivity contribution in [2.45, 2.75) is 19.1 Å². The number of thioether (sulfide) groups is 1. The van der Waals surface area contributed by atoms with E-state index in [-0.39, 0.29) is 17.0 Å². The molecule has 2 aromatic carbocycles. The van der Waals surface area contributed by atoms with Gasteiger partial charge in [0.15, 0.2) is 11.5 Å². The average Bonchev–Trinajstić information content (AvgIpc) is 2.94. The Morgan fingerprint density at radius 3 is 2.70 bits per heavy atom. The number of ether oxygens (including phenoxy) is 2. The lowest BCUT2D eigenvalue weighted by atomic mass is 10.0. The highest BCUT2D eigenvalue weighted by Crippen LogP contribution is 2.45. The molecule has 0 radical (unpaired) electrons. The fourth-order valence-electron chi connectivity index (χ4n) is 3.54. The normalized spacial score (nSPS) is 15.9. The SMILES string of the molecule is CCOc1ccc([C@@H]2SCC(=O)Nc3c2c(C)nn3-c2ccc(F)cc2)cc1OC. The summed E-state index contributed by atoms with van der Waals surface area (Å²) in [5.41, 5.74) is 3.37. The molecule has 0 unspecified atom stereocenters. The van der Waals surface area contributed by atoms with Crippen molar-refractivity contribution in [1.82, 2.24) is 9.78 Å². The van der Waals surface area contributed by atoms with Crippen molar-refractivity contribution in [3.8, 4) is 17.2 Å². The van der Waals surface area contributed by atoms with Crippen LogP contribution in [0, 0.1) is 12.7 Å². The van der Waals surface area contributed by atoms with Gasteiger partial charge in [-0.15, -0.1) is 11.8 Å². The van der Waals surface area contributed by atoms with Gasteiger partial charge in [-0.05, 0) is 55.8 Å². The summed E-state index contributed by atoms with van der Waals surface area (Å²) in [4.78, 5) is 12.5. The van der Waals surface area contributed by atoms with Crippen LogP contribution < -0.4 is 14.8 Å². The van der Waals surface area contributed by atoms with Gasteiger partial charge in [-0.3, -0.25) is 4.79 Å². The number of benzene rings is 2. The Morgan fingerprint density at radius 1 is 1.23 bits per heavy atom. The van der Waals surface area contributed by atoms with Crippen molar-refractivity contribution in [3.05, 3.63) is 65.1 Å². The average molecular weight is 428 g/mol. The van der Waals surface area contributed by atoms with E-state index < -0.39 is 0 Å². The molecule has 1 aliphatic rings. The first kappa shape index (κ1) is 20.3. The van der Waals surface area contributed by atoms with Crippen LogP contribution in [0.5, 0.6) is 11.5 Å². The second-order valence-electron chi connectivity index (χ2n) is 6.82. The summed E-state index contributed by atoms with van der Waals surface area (Å²) in [6.07, 6.45) is 0. The molecule has 2 heterocycles. The lowest BCUT2D eigenvalue weighted by Gasteiger charge is -2.18. The minimum atomic E-state index is -0.326. The van der Waals surface area contributed by atoms with E-state index in [9.17, 15) is 9.18 Å². The zero-order valence-corrected chi connectivity index (χ0v) is 17.8. The van der Waals surface area contributed by atoms with Crippen LogP contribution >= 0.6 is 11.8 Å². The van der Waals surface area contributed by atoms with Crippen LogP contribution in [0.15, 0.2) is 42.5 Å². The Kier molecular flexibility index (Phi) is 5.67. The molecule has 0 saturated carbocycles. The first-order valence-corrected chi connectivity index (χ1v) is 10.6. The summed E-state index contributed by atoms with van der Waals surface area (Å²) in [5.74, 6) is 1.79. The molecule has 8 heteroatoms. The second-order valence-corrected chi connectivity index (χ2v) is 7.91. The number of hydrogen-bond acceptors (Lipinski definition) is 5. The third-order valence-electron chi connectivity index (χ3n) is 4.87. The van der Waals surface area contributed by atoms with E-state index in [1.807, 2.05) is 32.0 Å². The number of aromatic nitrogens is 2. The molecule has 0 aliphatic carbocycles. The number of carbonyl (C=O) groups excluding carboxylic acids is 1. The van der Waals surface area contributed by atoms with Crippen molar-refractivity contribution in [2.75, 3.05) is 24.8 Å². The third kappa shape index (κ3) is 3.75. The molecule has 6 nitrogen and oxygen atoms in total. The number of nitrogens with zero attached hydrogens (tertiary/aromatic N) is 2. The van der Waals surface area contributed by atoms with Gasteiger partial charge in [0.1, 0.15) is 11.6 Å². The van der Waals surface area contributed by atoms with E-state index in [1.54, 1.807) is 23.9 Å². The maximum atomic E-state index is 13.4. The van der Waals surface area contributed by atoms with E-state index >= 15 is 0 Å². The predicted octanol–water partition coefficient (Wildman–Crippen LogP) is 4.50. The zero-order chi connectivity index (χ0) is 21.3. The van der Waals surface area contributed by atoms with E-state index in [1.165, 1.54) is 23.9 Å². The number of fused-ring (bicyclic) bond motifs is 1. The molecule has 0 spiro atoms. The van der Waals surface area contributed by atoms with Gasteiger partial charge in [0, 0.05) is 5.56 Å². The van der Waals surface area contributed by atoms with Gasteiger partial charge in [0.25, 0.3) is 0 Å². The number of hydrogen-bond donors (Lipinski definition) is 1. The smallest absolute Gasteiger partial charge is 0.235 e. The van der Waals surface area contributed by atoms with Gasteiger partial charge in [-0.1, -0.05) is 6.07 Å². The number of aryl methyl sites for hydroxylation is 1. The molecular formula is C22H22FN3O3S. The fourth-order valence-corrected chi connectivity index (χ4v) is 4.72. The number of rotatable bonds is 5. The first-order chi connectivity index (χ1) is 14.5. The Labute approximate surface area is 178 Å². The Hall–Kier alpha value is -3.00. The number of anilines is 1. The van der Waals surface area contributed by atoms with E-state index in [0.717, 1.165) is 16.8 Å². The van der Waals surface area contributed by atoms with Crippen molar-refractivity contribution in [3.63, 3.8) is 0 Å². The minimum absolute atomic E-state index is 0.107. The van der Waals surface area contributed by atoms with Crippen LogP contribution in [-0.2, 0) is 4.79 Å². The molecule has 156 valence electrons. The predicted molar refractivity (Wildman–Crippen MR) is 115 cm³/mol. The highest BCUT2D eigenvalue weighted by Gasteiger charge is 2.31. The number of halogens is 1. The largest absolute Gasteiger partial charge is 0.493 e. The molecule has 1 atom stereocenters. The van der Waals surface area contributed by atoms with Crippen LogP contribution in [0.25, 0.3) is 5.69 Å². The van der Waals surface area contributed by atoms with Gasteiger partial charge in [0.05, 0.1) is 36.1 Å². The molecule has 1 amide bonds. The van der Waals surface area contributed by atoms with Gasteiger partial charge in [-0.2, -0.15) is 5.10 Å². The summed E-state index contributed by atoms with van der Waals surface area (Å²) in [6, 6.07) is 11.8. The van der Waals surface area contributed by atoms with Crippen LogP contribution in [0.3, 0.4) is 0 Å². The van der Waals surface area contributed by atoms with Gasteiger partial charge in [-0.25, -0.2) is 9.07 Å². The molecule has 30 heavy (non-hydrogen) atoms. The summed E-state index contributed by atoms with van der Waals surface area (Å²) in [7, 11) is 1.61. The number of carbonyl (C=O) groups is 1. The second kappa shape index (κ2) is 8.39. The van der Waals surface area contributed by atoms with Crippen molar-refractivity contribution < 1.29 is 18.7 Å². The Balaban J connectivity index is 1.83. The molecule has 0 bridgehead atoms. The van der Waals surface area contributed by atoms with Gasteiger partial charge >= 0.3 is 0 Å². The maximum absolute atomic E-state index is 13.4. The third-order valence-corrected chi connectivity index (χ3v) is 6.14. The van der Waals surface area contributed by atoms with Crippen LogP contribution in [0.1, 0.15) is 29.0 Å². The lowest BCUT2D eigenvalue weighted by molar-refractivity contribution is -0.113. The molecule has 0 saturated heterocycles. The number of methoxy groups -OCH3 is 1. The first-order valence-electron chi connectivity index (χ1n) is 9.59. The van der Waals surface area contributed by atoms with Crippen LogP contribution in [0.4, 0.5) is 10.2 Å². The Bertz CT molecular complexity index is 1080. The summed E-state index contributed by atoms with van der Waals surface area (Å²) in [5, 5.41) is 7.49. The van der Waals surface area contributed by atoms with Gasteiger partial charge in [0.2, 0.25) is 5.91 Å². The van der Waals surface area contributed by atoms with Gasteiger partial charge < -0.3 is 14.8 Å². The van der Waals surface area contributed by atoms with Crippen LogP contribution in [-0.4, -0.2) is 35.2 Å². The standard InChI is InChI=1S/C22H22FN3O3S/c1-4-29-17-10-5-14(11-18(17)28-3)21-20-13(2)25-26(16-8-6-15(23)7-9-16)22(20)24-19(27)12-30-21/h5-11,21H,4,12H2,1-3H3,(H,24,27)/t21-/m0/s1. The van der Waals surface area contributed by atoms with E-state index in [2.05, 4.69) is 10.4 Å². The summed E-state index contributed by atoms with van der Waals surface area (Å²) >= 11 is 1.53. The maximum Gasteiger partial charge on any atom is 0.235 e. The van der Waals surface area contributed by atoms with E-state index in [0.29, 0.717) is 35.4 Å². The van der Waals surface area contributed by atoms with Crippen LogP contribution in [0.2, 0.25) is 0 Å². The molecule has 4 rings (SSSR count). The lowest BCUT2D eigenvalue weighted by Crippen LogP contribution is -2.15. The molecule has 1 aromatic heterocycles. The minimum Gasteiger partial charge on any atom is -0.493 e. The molecule has 0 fully saturated rings. The molecular weight excluding hydrogens is 405 g/mol. The highest BCUT2D eigenvalue weighted by molar-refractivity contribution is 8.00. The quantitative estimate of drug-likeness (QED) is 0.649. The summed E-state index contributed by atoms with van der Waals surface area (Å²) in [6.45, 7) is 4.38. The monoisotopic (exact) mass is 427 g/mol. The van der Waals surface area contributed by atoms with E-state index in [4.69, 9.17) is 9.47 Å². The number of nitrogens with one attached hydrogen (secondary N) is 1. The van der Waals surface area contributed by atoms with Crippen molar-refractivity contribution in [2.24, 2.45) is 0 Å². The molecule has 3 aromatic rings. The highest BCUT2D eigenvalue weighted by atomic mass is 32.2. The van der Waals surface area contributed by atoms with Crippen molar-refractivity contribution >= 4 is 23.5 Å².